The first-order valence-electron chi connectivity index (χ1n) is 8.80. The van der Waals surface area contributed by atoms with Gasteiger partial charge in [-0.25, -0.2) is 5.43 Å². The SMILES string of the molecule is COc1cc(/C=N\NC(=O)c2ccccc2Cl)ccc1OCc1ccc(Cl)cc1Cl. The lowest BCUT2D eigenvalue weighted by Crippen LogP contribution is -2.17. The van der Waals surface area contributed by atoms with Gasteiger partial charge >= 0.3 is 0 Å². The molecule has 0 aliphatic carbocycles. The number of halogens is 3. The lowest BCUT2D eigenvalue weighted by atomic mass is 10.2. The first-order valence-corrected chi connectivity index (χ1v) is 9.94. The number of rotatable bonds is 7. The van der Waals surface area contributed by atoms with Crippen molar-refractivity contribution in [1.29, 1.82) is 0 Å². The number of hydrazone groups is 1. The number of carbonyl (C=O) groups excluding carboxylic acids is 1. The van der Waals surface area contributed by atoms with Gasteiger partial charge in [0.25, 0.3) is 5.91 Å². The molecule has 3 aromatic rings. The predicted molar refractivity (Wildman–Crippen MR) is 120 cm³/mol. The van der Waals surface area contributed by atoms with Crippen LogP contribution in [0.2, 0.25) is 15.1 Å². The Labute approximate surface area is 189 Å². The zero-order chi connectivity index (χ0) is 21.5. The summed E-state index contributed by atoms with van der Waals surface area (Å²) in [5.41, 5.74) is 4.31. The van der Waals surface area contributed by atoms with Crippen molar-refractivity contribution in [2.24, 2.45) is 5.10 Å². The van der Waals surface area contributed by atoms with Crippen LogP contribution in [0.3, 0.4) is 0 Å². The minimum absolute atomic E-state index is 0.258. The van der Waals surface area contributed by atoms with E-state index in [4.69, 9.17) is 44.3 Å². The summed E-state index contributed by atoms with van der Waals surface area (Å²) >= 11 is 18.1. The molecule has 5 nitrogen and oxygen atoms in total. The van der Waals surface area contributed by atoms with Gasteiger partial charge in [0.15, 0.2) is 11.5 Å². The summed E-state index contributed by atoms with van der Waals surface area (Å²) in [4.78, 5) is 12.1. The molecule has 0 unspecified atom stereocenters. The summed E-state index contributed by atoms with van der Waals surface area (Å²) in [6.45, 7) is 0.258. The second kappa shape index (κ2) is 10.3. The number of benzene rings is 3. The van der Waals surface area contributed by atoms with Gasteiger partial charge in [0, 0.05) is 15.6 Å². The summed E-state index contributed by atoms with van der Waals surface area (Å²) in [6.07, 6.45) is 1.50. The van der Waals surface area contributed by atoms with E-state index in [0.717, 1.165) is 5.56 Å². The Hall–Kier alpha value is -2.73. The first kappa shape index (κ1) is 22.0. The fraction of sp³-hybridized carbons (Fsp3) is 0.0909. The molecule has 1 N–H and O–H groups in total. The molecule has 0 aromatic heterocycles. The minimum atomic E-state index is -0.399. The van der Waals surface area contributed by atoms with Crippen molar-refractivity contribution in [2.45, 2.75) is 6.61 Å². The van der Waals surface area contributed by atoms with Gasteiger partial charge in [-0.2, -0.15) is 5.10 Å². The minimum Gasteiger partial charge on any atom is -0.493 e. The molecule has 30 heavy (non-hydrogen) atoms. The molecule has 0 aliphatic rings. The predicted octanol–water partition coefficient (Wildman–Crippen LogP) is 6.00. The van der Waals surface area contributed by atoms with Gasteiger partial charge in [-0.3, -0.25) is 4.79 Å². The third-order valence-corrected chi connectivity index (χ3v) is 5.00. The van der Waals surface area contributed by atoms with Crippen LogP contribution >= 0.6 is 34.8 Å². The van der Waals surface area contributed by atoms with E-state index in [-0.39, 0.29) is 6.61 Å². The lowest BCUT2D eigenvalue weighted by molar-refractivity contribution is 0.0955. The Morgan fingerprint density at radius 2 is 1.80 bits per heavy atom. The number of ether oxygens (including phenoxy) is 2. The Morgan fingerprint density at radius 1 is 1.00 bits per heavy atom. The van der Waals surface area contributed by atoms with Crippen molar-refractivity contribution in [2.75, 3.05) is 7.11 Å². The Morgan fingerprint density at radius 3 is 2.53 bits per heavy atom. The summed E-state index contributed by atoms with van der Waals surface area (Å²) in [5.74, 6) is 0.658. The third kappa shape index (κ3) is 5.66. The second-order valence-electron chi connectivity index (χ2n) is 6.11. The number of nitrogens with one attached hydrogen (secondary N) is 1. The highest BCUT2D eigenvalue weighted by Crippen LogP contribution is 2.29. The maximum absolute atomic E-state index is 12.1. The third-order valence-electron chi connectivity index (χ3n) is 4.08. The molecule has 0 radical (unpaired) electrons. The normalized spacial score (nSPS) is 10.8. The largest absolute Gasteiger partial charge is 0.493 e. The maximum Gasteiger partial charge on any atom is 0.272 e. The Kier molecular flexibility index (Phi) is 7.57. The van der Waals surface area contributed by atoms with E-state index in [1.54, 1.807) is 60.7 Å². The summed E-state index contributed by atoms with van der Waals surface area (Å²) in [6, 6.07) is 17.2. The van der Waals surface area contributed by atoms with Crippen LogP contribution in [0.15, 0.2) is 65.8 Å². The number of amides is 1. The Balaban J connectivity index is 1.65. The number of hydrogen-bond donors (Lipinski definition) is 1. The van der Waals surface area contributed by atoms with Crippen LogP contribution in [0.25, 0.3) is 0 Å². The molecule has 3 aromatic carbocycles. The van der Waals surface area contributed by atoms with Crippen molar-refractivity contribution >= 4 is 46.9 Å². The van der Waals surface area contributed by atoms with Gasteiger partial charge in [0.1, 0.15) is 6.61 Å². The molecule has 3 rings (SSSR count). The van der Waals surface area contributed by atoms with E-state index >= 15 is 0 Å². The summed E-state index contributed by atoms with van der Waals surface area (Å²) < 4.78 is 11.2. The number of methoxy groups -OCH3 is 1. The fourth-order valence-electron chi connectivity index (χ4n) is 2.55. The topological polar surface area (TPSA) is 59.9 Å². The van der Waals surface area contributed by atoms with Crippen molar-refractivity contribution in [3.05, 3.63) is 92.4 Å². The average molecular weight is 464 g/mol. The molecule has 1 amide bonds. The fourth-order valence-corrected chi connectivity index (χ4v) is 3.23. The molecule has 154 valence electrons. The monoisotopic (exact) mass is 462 g/mol. The molecular formula is C22H17Cl3N2O3. The standard InChI is InChI=1S/C22H17Cl3N2O3/c1-29-21-10-14(12-26-27-22(28)17-4-2-3-5-18(17)24)6-9-20(21)30-13-15-7-8-16(23)11-19(15)25/h2-12H,13H2,1H3,(H,27,28)/b26-12-. The zero-order valence-electron chi connectivity index (χ0n) is 15.9. The number of nitrogens with zero attached hydrogens (tertiary/aromatic N) is 1. The number of carbonyl (C=O) groups is 1. The van der Waals surface area contributed by atoms with E-state index in [2.05, 4.69) is 10.5 Å². The van der Waals surface area contributed by atoms with Gasteiger partial charge in [-0.05, 0) is 48.0 Å². The zero-order valence-corrected chi connectivity index (χ0v) is 18.1. The Bertz CT molecular complexity index is 1090. The highest BCUT2D eigenvalue weighted by molar-refractivity contribution is 6.35. The lowest BCUT2D eigenvalue weighted by Gasteiger charge is -2.12. The van der Waals surface area contributed by atoms with E-state index in [1.165, 1.54) is 13.3 Å². The molecule has 0 fully saturated rings. The highest BCUT2D eigenvalue weighted by Gasteiger charge is 2.09. The molecular weight excluding hydrogens is 447 g/mol. The quantitative estimate of drug-likeness (QED) is 0.345. The van der Waals surface area contributed by atoms with Crippen LogP contribution in [0.1, 0.15) is 21.5 Å². The van der Waals surface area contributed by atoms with E-state index < -0.39 is 5.91 Å². The van der Waals surface area contributed by atoms with E-state index in [9.17, 15) is 4.79 Å². The molecule has 0 atom stereocenters. The van der Waals surface area contributed by atoms with Crippen LogP contribution in [0.4, 0.5) is 0 Å². The maximum atomic E-state index is 12.1. The van der Waals surface area contributed by atoms with Crippen LogP contribution in [0.5, 0.6) is 11.5 Å². The van der Waals surface area contributed by atoms with Crippen molar-refractivity contribution in [1.82, 2.24) is 5.43 Å². The van der Waals surface area contributed by atoms with E-state index in [1.807, 2.05) is 0 Å². The smallest absolute Gasteiger partial charge is 0.272 e. The molecule has 8 heteroatoms. The van der Waals surface area contributed by atoms with Crippen LogP contribution in [0, 0.1) is 0 Å². The molecule has 0 saturated heterocycles. The summed E-state index contributed by atoms with van der Waals surface area (Å²) in [7, 11) is 1.54. The van der Waals surface area contributed by atoms with Crippen molar-refractivity contribution in [3.8, 4) is 11.5 Å². The van der Waals surface area contributed by atoms with Gasteiger partial charge < -0.3 is 9.47 Å². The molecule has 0 spiro atoms. The van der Waals surface area contributed by atoms with Crippen molar-refractivity contribution in [3.63, 3.8) is 0 Å². The molecule has 0 aliphatic heterocycles. The van der Waals surface area contributed by atoms with Crippen molar-refractivity contribution < 1.29 is 14.3 Å². The molecule has 0 heterocycles. The average Bonchev–Trinajstić information content (AvgIpc) is 2.73. The molecule has 0 saturated carbocycles. The van der Waals surface area contributed by atoms with Gasteiger partial charge in [0.2, 0.25) is 0 Å². The highest BCUT2D eigenvalue weighted by atomic mass is 35.5. The number of hydrogen-bond acceptors (Lipinski definition) is 4. The van der Waals surface area contributed by atoms with Gasteiger partial charge in [-0.15, -0.1) is 0 Å². The second-order valence-corrected chi connectivity index (χ2v) is 7.36. The van der Waals surface area contributed by atoms with Crippen LogP contribution in [-0.2, 0) is 6.61 Å². The van der Waals surface area contributed by atoms with Gasteiger partial charge in [-0.1, -0.05) is 53.0 Å². The summed E-state index contributed by atoms with van der Waals surface area (Å²) in [5, 5.41) is 5.41. The molecule has 0 bridgehead atoms. The van der Waals surface area contributed by atoms with Crippen LogP contribution in [-0.4, -0.2) is 19.2 Å². The van der Waals surface area contributed by atoms with E-state index in [0.29, 0.717) is 37.7 Å². The van der Waals surface area contributed by atoms with Gasteiger partial charge in [0.05, 0.1) is 23.9 Å². The first-order chi connectivity index (χ1) is 14.5. The van der Waals surface area contributed by atoms with Crippen LogP contribution < -0.4 is 14.9 Å².